The summed E-state index contributed by atoms with van der Waals surface area (Å²) in [5.41, 5.74) is 0.434. The standard InChI is InChI=1S/C8H9ClN2O/c1-11(2)8-6(7(9)12)4-3-5-10-8/h3-5H,1-2H3. The van der Waals surface area contributed by atoms with Crippen molar-refractivity contribution < 1.29 is 4.79 Å². The molecule has 0 fully saturated rings. The predicted octanol–water partition coefficient (Wildman–Crippen LogP) is 1.53. The molecule has 0 bridgehead atoms. The molecule has 12 heavy (non-hydrogen) atoms. The van der Waals surface area contributed by atoms with Gasteiger partial charge in [0.1, 0.15) is 5.82 Å². The first-order valence-electron chi connectivity index (χ1n) is 3.45. The molecule has 4 heteroatoms. The minimum Gasteiger partial charge on any atom is -0.362 e. The van der Waals surface area contributed by atoms with Gasteiger partial charge in [-0.25, -0.2) is 4.98 Å². The van der Waals surface area contributed by atoms with Gasteiger partial charge in [-0.05, 0) is 23.7 Å². The van der Waals surface area contributed by atoms with E-state index in [0.717, 1.165) is 0 Å². The third kappa shape index (κ3) is 1.74. The molecule has 0 aliphatic rings. The molecule has 0 amide bonds. The van der Waals surface area contributed by atoms with Gasteiger partial charge in [0.15, 0.2) is 0 Å². The van der Waals surface area contributed by atoms with Crippen LogP contribution in [-0.2, 0) is 0 Å². The zero-order valence-electron chi connectivity index (χ0n) is 6.91. The number of nitrogens with zero attached hydrogens (tertiary/aromatic N) is 2. The first kappa shape index (κ1) is 9.00. The van der Waals surface area contributed by atoms with E-state index < -0.39 is 5.24 Å². The summed E-state index contributed by atoms with van der Waals surface area (Å²) in [4.78, 5) is 16.6. The zero-order valence-corrected chi connectivity index (χ0v) is 7.67. The second-order valence-corrected chi connectivity index (χ2v) is 2.89. The number of carbonyl (C=O) groups is 1. The normalized spacial score (nSPS) is 9.58. The second kappa shape index (κ2) is 3.54. The van der Waals surface area contributed by atoms with E-state index in [4.69, 9.17) is 11.6 Å². The zero-order chi connectivity index (χ0) is 9.14. The van der Waals surface area contributed by atoms with Crippen molar-refractivity contribution in [3.63, 3.8) is 0 Å². The molecule has 0 unspecified atom stereocenters. The van der Waals surface area contributed by atoms with Crippen molar-refractivity contribution in [1.29, 1.82) is 0 Å². The van der Waals surface area contributed by atoms with Crippen molar-refractivity contribution in [2.75, 3.05) is 19.0 Å². The highest BCUT2D eigenvalue weighted by Gasteiger charge is 2.10. The SMILES string of the molecule is CN(C)c1ncccc1C(=O)Cl. The molecule has 0 aliphatic carbocycles. The van der Waals surface area contributed by atoms with Gasteiger partial charge < -0.3 is 4.90 Å². The van der Waals surface area contributed by atoms with E-state index in [-0.39, 0.29) is 0 Å². The molecule has 0 aromatic carbocycles. The maximum absolute atomic E-state index is 10.9. The van der Waals surface area contributed by atoms with Crippen LogP contribution in [0.3, 0.4) is 0 Å². The predicted molar refractivity (Wildman–Crippen MR) is 48.7 cm³/mol. The topological polar surface area (TPSA) is 33.2 Å². The summed E-state index contributed by atoms with van der Waals surface area (Å²) in [6.45, 7) is 0. The van der Waals surface area contributed by atoms with Gasteiger partial charge in [0, 0.05) is 20.3 Å². The van der Waals surface area contributed by atoms with Crippen molar-refractivity contribution in [3.8, 4) is 0 Å². The molecule has 0 spiro atoms. The van der Waals surface area contributed by atoms with Gasteiger partial charge >= 0.3 is 0 Å². The van der Waals surface area contributed by atoms with Crippen molar-refractivity contribution in [3.05, 3.63) is 23.9 Å². The summed E-state index contributed by atoms with van der Waals surface area (Å²) >= 11 is 5.35. The highest BCUT2D eigenvalue weighted by molar-refractivity contribution is 6.68. The molecule has 1 heterocycles. The Bertz CT molecular complexity index is 299. The van der Waals surface area contributed by atoms with E-state index in [2.05, 4.69) is 4.98 Å². The molecule has 1 aromatic heterocycles. The van der Waals surface area contributed by atoms with E-state index in [1.165, 1.54) is 0 Å². The van der Waals surface area contributed by atoms with Crippen molar-refractivity contribution in [2.45, 2.75) is 0 Å². The van der Waals surface area contributed by atoms with Gasteiger partial charge in [-0.2, -0.15) is 0 Å². The van der Waals surface area contributed by atoms with Crippen molar-refractivity contribution in [1.82, 2.24) is 4.98 Å². The average molecular weight is 185 g/mol. The number of pyridine rings is 1. The number of anilines is 1. The smallest absolute Gasteiger partial charge is 0.256 e. The fourth-order valence-electron chi connectivity index (χ4n) is 0.907. The summed E-state index contributed by atoms with van der Waals surface area (Å²) in [6, 6.07) is 3.33. The highest BCUT2D eigenvalue weighted by Crippen LogP contribution is 2.15. The molecule has 0 radical (unpaired) electrons. The Balaban J connectivity index is 3.17. The molecule has 1 rings (SSSR count). The van der Waals surface area contributed by atoms with Crippen molar-refractivity contribution in [2.24, 2.45) is 0 Å². The molecular formula is C8H9ClN2O. The van der Waals surface area contributed by atoms with Gasteiger partial charge in [0.2, 0.25) is 0 Å². The lowest BCUT2D eigenvalue weighted by molar-refractivity contribution is 0.108. The first-order chi connectivity index (χ1) is 5.63. The monoisotopic (exact) mass is 184 g/mol. The molecule has 0 atom stereocenters. The Kier molecular flexibility index (Phi) is 2.65. The lowest BCUT2D eigenvalue weighted by Crippen LogP contribution is -2.13. The fourth-order valence-corrected chi connectivity index (χ4v) is 1.05. The number of hydrogen-bond donors (Lipinski definition) is 0. The van der Waals surface area contributed by atoms with Crippen LogP contribution in [-0.4, -0.2) is 24.3 Å². The van der Waals surface area contributed by atoms with Gasteiger partial charge in [0.25, 0.3) is 5.24 Å². The quantitative estimate of drug-likeness (QED) is 0.654. The summed E-state index contributed by atoms with van der Waals surface area (Å²) in [7, 11) is 3.62. The largest absolute Gasteiger partial charge is 0.362 e. The number of halogens is 1. The van der Waals surface area contributed by atoms with Crippen LogP contribution in [0.2, 0.25) is 0 Å². The van der Waals surface area contributed by atoms with Crippen LogP contribution < -0.4 is 4.90 Å². The van der Waals surface area contributed by atoms with E-state index in [9.17, 15) is 4.79 Å². The molecule has 0 saturated heterocycles. The number of aromatic nitrogens is 1. The molecule has 0 N–H and O–H groups in total. The summed E-state index contributed by atoms with van der Waals surface area (Å²) in [5.74, 6) is 0.595. The maximum atomic E-state index is 10.9. The Hall–Kier alpha value is -1.09. The van der Waals surface area contributed by atoms with Gasteiger partial charge in [-0.3, -0.25) is 4.79 Å². The Morgan fingerprint density at radius 1 is 1.58 bits per heavy atom. The van der Waals surface area contributed by atoms with E-state index in [1.807, 2.05) is 14.1 Å². The molecule has 3 nitrogen and oxygen atoms in total. The maximum Gasteiger partial charge on any atom is 0.256 e. The second-order valence-electron chi connectivity index (χ2n) is 2.54. The number of hydrogen-bond acceptors (Lipinski definition) is 3. The van der Waals surface area contributed by atoms with Crippen LogP contribution >= 0.6 is 11.6 Å². The molecule has 64 valence electrons. The Morgan fingerprint density at radius 2 is 2.25 bits per heavy atom. The fraction of sp³-hybridized carbons (Fsp3) is 0.250. The third-order valence-corrected chi connectivity index (χ3v) is 1.63. The third-order valence-electron chi connectivity index (χ3n) is 1.42. The minimum atomic E-state index is -0.480. The minimum absolute atomic E-state index is 0.434. The average Bonchev–Trinajstić information content (AvgIpc) is 2.04. The molecule has 0 saturated carbocycles. The van der Waals surface area contributed by atoms with E-state index in [1.54, 1.807) is 23.2 Å². The highest BCUT2D eigenvalue weighted by atomic mass is 35.5. The molecule has 0 aliphatic heterocycles. The van der Waals surface area contributed by atoms with Crippen LogP contribution in [0.1, 0.15) is 10.4 Å². The van der Waals surface area contributed by atoms with Crippen LogP contribution in [0.25, 0.3) is 0 Å². The summed E-state index contributed by atoms with van der Waals surface area (Å²) in [5, 5.41) is -0.480. The lowest BCUT2D eigenvalue weighted by Gasteiger charge is -2.12. The lowest BCUT2D eigenvalue weighted by atomic mass is 10.3. The molecule has 1 aromatic rings. The van der Waals surface area contributed by atoms with Gasteiger partial charge in [0.05, 0.1) is 5.56 Å². The van der Waals surface area contributed by atoms with Crippen molar-refractivity contribution >= 4 is 22.7 Å². The number of carbonyl (C=O) groups excluding carboxylic acids is 1. The Labute approximate surface area is 76.0 Å². The summed E-state index contributed by atoms with van der Waals surface area (Å²) < 4.78 is 0. The van der Waals surface area contributed by atoms with Gasteiger partial charge in [-0.1, -0.05) is 0 Å². The number of rotatable bonds is 2. The van der Waals surface area contributed by atoms with E-state index >= 15 is 0 Å². The van der Waals surface area contributed by atoms with Crippen LogP contribution in [0, 0.1) is 0 Å². The molecular weight excluding hydrogens is 176 g/mol. The summed E-state index contributed by atoms with van der Waals surface area (Å²) in [6.07, 6.45) is 1.62. The van der Waals surface area contributed by atoms with Crippen LogP contribution in [0.4, 0.5) is 5.82 Å². The van der Waals surface area contributed by atoms with E-state index in [0.29, 0.717) is 11.4 Å². The van der Waals surface area contributed by atoms with Gasteiger partial charge in [-0.15, -0.1) is 0 Å². The van der Waals surface area contributed by atoms with Crippen LogP contribution in [0.15, 0.2) is 18.3 Å². The van der Waals surface area contributed by atoms with Crippen LogP contribution in [0.5, 0.6) is 0 Å². The Morgan fingerprint density at radius 3 is 2.67 bits per heavy atom. The first-order valence-corrected chi connectivity index (χ1v) is 3.83.